The van der Waals surface area contributed by atoms with Gasteiger partial charge >= 0.3 is 0 Å². The third-order valence-electron chi connectivity index (χ3n) is 2.73. The van der Waals surface area contributed by atoms with Crippen LogP contribution in [-0.4, -0.2) is 19.8 Å². The van der Waals surface area contributed by atoms with Crippen LogP contribution in [0, 0.1) is 5.92 Å². The van der Waals surface area contributed by atoms with E-state index in [1.165, 1.54) is 16.5 Å². The minimum atomic E-state index is 0.701. The largest absolute Gasteiger partial charge is 0.381 e. The second kappa shape index (κ2) is 5.64. The molecule has 1 aliphatic heterocycles. The highest BCUT2D eigenvalue weighted by molar-refractivity contribution is 9.10. The average Bonchev–Trinajstić information content (AvgIpc) is 2.74. The Kier molecular flexibility index (Phi) is 4.18. The van der Waals surface area contributed by atoms with Crippen LogP contribution in [0.25, 0.3) is 0 Å². The molecule has 0 aliphatic carbocycles. The molecule has 0 spiro atoms. The zero-order chi connectivity index (χ0) is 10.5. The van der Waals surface area contributed by atoms with Gasteiger partial charge in [-0.3, -0.25) is 0 Å². The van der Waals surface area contributed by atoms with E-state index in [0.717, 1.165) is 26.3 Å². The van der Waals surface area contributed by atoms with Gasteiger partial charge in [-0.15, -0.1) is 0 Å². The molecule has 0 aromatic heterocycles. The standard InChI is InChI=1S/C12H16BrNO/c13-12-4-2-1-3-11(12)8-14-7-10-5-6-15-9-10/h1-4,10,14H,5-9H2. The van der Waals surface area contributed by atoms with E-state index >= 15 is 0 Å². The van der Waals surface area contributed by atoms with Gasteiger partial charge in [0, 0.05) is 24.2 Å². The summed E-state index contributed by atoms with van der Waals surface area (Å²) in [5.41, 5.74) is 1.32. The molecule has 1 unspecified atom stereocenters. The lowest BCUT2D eigenvalue weighted by molar-refractivity contribution is 0.185. The monoisotopic (exact) mass is 269 g/mol. The molecule has 2 rings (SSSR count). The van der Waals surface area contributed by atoms with Gasteiger partial charge in [-0.25, -0.2) is 0 Å². The summed E-state index contributed by atoms with van der Waals surface area (Å²) in [6.07, 6.45) is 1.20. The molecule has 1 aromatic rings. The summed E-state index contributed by atoms with van der Waals surface area (Å²) in [4.78, 5) is 0. The highest BCUT2D eigenvalue weighted by Gasteiger charge is 2.14. The first-order valence-electron chi connectivity index (χ1n) is 5.38. The lowest BCUT2D eigenvalue weighted by atomic mass is 10.1. The van der Waals surface area contributed by atoms with Crippen molar-refractivity contribution >= 4 is 15.9 Å². The summed E-state index contributed by atoms with van der Waals surface area (Å²) in [5, 5.41) is 3.47. The third kappa shape index (κ3) is 3.30. The molecule has 1 saturated heterocycles. The zero-order valence-electron chi connectivity index (χ0n) is 8.71. The first kappa shape index (κ1) is 11.1. The number of hydrogen-bond donors (Lipinski definition) is 1. The van der Waals surface area contributed by atoms with Gasteiger partial charge in [-0.2, -0.15) is 0 Å². The summed E-state index contributed by atoms with van der Waals surface area (Å²) in [5.74, 6) is 0.701. The molecule has 82 valence electrons. The summed E-state index contributed by atoms with van der Waals surface area (Å²) >= 11 is 3.55. The van der Waals surface area contributed by atoms with E-state index in [1.807, 2.05) is 6.07 Å². The van der Waals surface area contributed by atoms with E-state index < -0.39 is 0 Å². The van der Waals surface area contributed by atoms with Crippen LogP contribution >= 0.6 is 15.9 Å². The van der Waals surface area contributed by atoms with E-state index in [1.54, 1.807) is 0 Å². The highest BCUT2D eigenvalue weighted by Crippen LogP contribution is 2.16. The normalized spacial score (nSPS) is 20.7. The molecular weight excluding hydrogens is 254 g/mol. The van der Waals surface area contributed by atoms with Crippen molar-refractivity contribution in [2.45, 2.75) is 13.0 Å². The second-order valence-corrected chi connectivity index (χ2v) is 4.81. The number of nitrogens with one attached hydrogen (secondary N) is 1. The third-order valence-corrected chi connectivity index (χ3v) is 3.50. The molecule has 0 saturated carbocycles. The lowest BCUT2D eigenvalue weighted by Gasteiger charge is -2.10. The lowest BCUT2D eigenvalue weighted by Crippen LogP contribution is -2.22. The van der Waals surface area contributed by atoms with Crippen molar-refractivity contribution in [3.63, 3.8) is 0 Å². The Morgan fingerprint density at radius 2 is 2.27 bits per heavy atom. The Labute approximate surface area is 99.1 Å². The van der Waals surface area contributed by atoms with Crippen LogP contribution in [0.3, 0.4) is 0 Å². The number of hydrogen-bond acceptors (Lipinski definition) is 2. The Balaban J connectivity index is 1.75. The Morgan fingerprint density at radius 1 is 1.40 bits per heavy atom. The molecular formula is C12H16BrNO. The van der Waals surface area contributed by atoms with Gasteiger partial charge in [0.15, 0.2) is 0 Å². The fourth-order valence-corrected chi connectivity index (χ4v) is 2.22. The van der Waals surface area contributed by atoms with Gasteiger partial charge in [0.2, 0.25) is 0 Å². The molecule has 1 aromatic carbocycles. The van der Waals surface area contributed by atoms with Crippen LogP contribution in [0.1, 0.15) is 12.0 Å². The fourth-order valence-electron chi connectivity index (χ4n) is 1.80. The van der Waals surface area contributed by atoms with Crippen LogP contribution in [0.15, 0.2) is 28.7 Å². The van der Waals surface area contributed by atoms with Crippen LogP contribution in [0.2, 0.25) is 0 Å². The van der Waals surface area contributed by atoms with Crippen LogP contribution in [-0.2, 0) is 11.3 Å². The highest BCUT2D eigenvalue weighted by atomic mass is 79.9. The number of benzene rings is 1. The maximum Gasteiger partial charge on any atom is 0.0507 e. The van der Waals surface area contributed by atoms with Crippen molar-refractivity contribution in [1.29, 1.82) is 0 Å². The molecule has 1 fully saturated rings. The van der Waals surface area contributed by atoms with Crippen LogP contribution in [0.5, 0.6) is 0 Å². The minimum Gasteiger partial charge on any atom is -0.381 e. The Bertz CT molecular complexity index is 310. The van der Waals surface area contributed by atoms with Gasteiger partial charge in [0.25, 0.3) is 0 Å². The smallest absolute Gasteiger partial charge is 0.0507 e. The summed E-state index contributed by atoms with van der Waals surface area (Å²) in [6.45, 7) is 3.84. The molecule has 1 atom stereocenters. The van der Waals surface area contributed by atoms with E-state index in [9.17, 15) is 0 Å². The molecule has 15 heavy (non-hydrogen) atoms. The molecule has 0 amide bonds. The summed E-state index contributed by atoms with van der Waals surface area (Å²) in [7, 11) is 0. The first-order chi connectivity index (χ1) is 7.36. The van der Waals surface area contributed by atoms with E-state index in [2.05, 4.69) is 39.4 Å². The van der Waals surface area contributed by atoms with Crippen molar-refractivity contribution in [3.8, 4) is 0 Å². The zero-order valence-corrected chi connectivity index (χ0v) is 10.3. The molecule has 2 nitrogen and oxygen atoms in total. The number of ether oxygens (including phenoxy) is 1. The predicted octanol–water partition coefficient (Wildman–Crippen LogP) is 2.58. The van der Waals surface area contributed by atoms with Gasteiger partial charge in [-0.05, 0) is 24.0 Å². The molecule has 3 heteroatoms. The van der Waals surface area contributed by atoms with E-state index in [4.69, 9.17) is 4.74 Å². The molecule has 0 bridgehead atoms. The van der Waals surface area contributed by atoms with Gasteiger partial charge in [-0.1, -0.05) is 34.1 Å². The maximum absolute atomic E-state index is 5.33. The van der Waals surface area contributed by atoms with Crippen molar-refractivity contribution in [3.05, 3.63) is 34.3 Å². The van der Waals surface area contributed by atoms with Crippen LogP contribution in [0.4, 0.5) is 0 Å². The quantitative estimate of drug-likeness (QED) is 0.908. The second-order valence-electron chi connectivity index (χ2n) is 3.95. The molecule has 0 radical (unpaired) electrons. The fraction of sp³-hybridized carbons (Fsp3) is 0.500. The van der Waals surface area contributed by atoms with Crippen LogP contribution < -0.4 is 5.32 Å². The number of halogens is 1. The Morgan fingerprint density at radius 3 is 3.00 bits per heavy atom. The average molecular weight is 270 g/mol. The van der Waals surface area contributed by atoms with Gasteiger partial charge in [0.05, 0.1) is 6.61 Å². The SMILES string of the molecule is Brc1ccccc1CNCC1CCOC1. The van der Waals surface area contributed by atoms with Crippen molar-refractivity contribution in [2.24, 2.45) is 5.92 Å². The van der Waals surface area contributed by atoms with E-state index in [-0.39, 0.29) is 0 Å². The predicted molar refractivity (Wildman–Crippen MR) is 64.8 cm³/mol. The molecule has 1 aliphatic rings. The van der Waals surface area contributed by atoms with Gasteiger partial charge in [0.1, 0.15) is 0 Å². The Hall–Kier alpha value is -0.380. The topological polar surface area (TPSA) is 21.3 Å². The van der Waals surface area contributed by atoms with Crippen molar-refractivity contribution in [1.82, 2.24) is 5.32 Å². The minimum absolute atomic E-state index is 0.701. The summed E-state index contributed by atoms with van der Waals surface area (Å²) < 4.78 is 6.52. The maximum atomic E-state index is 5.33. The molecule has 1 N–H and O–H groups in total. The number of rotatable bonds is 4. The van der Waals surface area contributed by atoms with Crippen molar-refractivity contribution in [2.75, 3.05) is 19.8 Å². The molecule has 1 heterocycles. The summed E-state index contributed by atoms with van der Waals surface area (Å²) in [6, 6.07) is 8.33. The van der Waals surface area contributed by atoms with Gasteiger partial charge < -0.3 is 10.1 Å². The first-order valence-corrected chi connectivity index (χ1v) is 6.17. The van der Waals surface area contributed by atoms with Crippen molar-refractivity contribution < 1.29 is 4.74 Å². The van der Waals surface area contributed by atoms with E-state index in [0.29, 0.717) is 5.92 Å².